The van der Waals surface area contributed by atoms with E-state index in [1.54, 1.807) is 6.33 Å². The Kier molecular flexibility index (Phi) is 5.17. The highest BCUT2D eigenvalue weighted by molar-refractivity contribution is 7.19. The van der Waals surface area contributed by atoms with Crippen molar-refractivity contribution < 1.29 is 9.53 Å². The van der Waals surface area contributed by atoms with Crippen LogP contribution in [-0.2, 0) is 22.4 Å². The van der Waals surface area contributed by atoms with Crippen LogP contribution in [0.5, 0.6) is 0 Å². The first kappa shape index (κ1) is 18.3. The number of aryl methyl sites for hydroxylation is 2. The first-order chi connectivity index (χ1) is 13.8. The molecule has 2 aromatic rings. The van der Waals surface area contributed by atoms with Crippen LogP contribution in [0.3, 0.4) is 0 Å². The largest absolute Gasteiger partial charge is 0.378 e. The fraction of sp³-hybridized carbons (Fsp3) is 0.650. The molecule has 28 heavy (non-hydrogen) atoms. The minimum Gasteiger partial charge on any atom is -0.378 e. The van der Waals surface area contributed by atoms with Crippen LogP contribution in [0.15, 0.2) is 6.33 Å². The predicted molar refractivity (Wildman–Crippen MR) is 110 cm³/mol. The third-order valence-electron chi connectivity index (χ3n) is 6.13. The summed E-state index contributed by atoms with van der Waals surface area (Å²) in [7, 11) is 0. The monoisotopic (exact) mass is 401 g/mol. The molecular weight excluding hydrogens is 374 g/mol. The number of nitrogens with zero attached hydrogens (tertiary/aromatic N) is 5. The fourth-order valence-corrected chi connectivity index (χ4v) is 5.76. The van der Waals surface area contributed by atoms with Gasteiger partial charge < -0.3 is 14.5 Å². The van der Waals surface area contributed by atoms with Crippen LogP contribution in [0.25, 0.3) is 10.2 Å². The smallest absolute Gasteiger partial charge is 0.236 e. The lowest BCUT2D eigenvalue weighted by atomic mass is 9.97. The lowest BCUT2D eigenvalue weighted by Gasteiger charge is -2.36. The van der Waals surface area contributed by atoms with Gasteiger partial charge in [0.05, 0.1) is 25.1 Å². The van der Waals surface area contributed by atoms with Crippen LogP contribution in [0.2, 0.25) is 0 Å². The van der Waals surface area contributed by atoms with Crippen LogP contribution in [0.1, 0.15) is 23.3 Å². The Hall–Kier alpha value is -1.77. The number of amides is 1. The number of morpholine rings is 1. The number of hydrogen-bond acceptors (Lipinski definition) is 7. The van der Waals surface area contributed by atoms with E-state index in [0.717, 1.165) is 56.3 Å². The fourth-order valence-electron chi connectivity index (χ4n) is 4.54. The van der Waals surface area contributed by atoms with Crippen molar-refractivity contribution in [2.45, 2.75) is 25.7 Å². The minimum atomic E-state index is 0.230. The number of ether oxygens (including phenoxy) is 1. The molecule has 0 N–H and O–H groups in total. The Labute approximate surface area is 169 Å². The molecule has 0 bridgehead atoms. The van der Waals surface area contributed by atoms with E-state index in [-0.39, 0.29) is 5.91 Å². The number of piperazine rings is 1. The minimum absolute atomic E-state index is 0.230. The number of fused-ring (bicyclic) bond motifs is 3. The van der Waals surface area contributed by atoms with Gasteiger partial charge in [-0.25, -0.2) is 9.97 Å². The van der Waals surface area contributed by atoms with Gasteiger partial charge in [0.2, 0.25) is 5.91 Å². The van der Waals surface area contributed by atoms with Crippen molar-refractivity contribution in [3.05, 3.63) is 16.8 Å². The van der Waals surface area contributed by atoms with Crippen molar-refractivity contribution in [2.75, 3.05) is 63.9 Å². The van der Waals surface area contributed by atoms with Gasteiger partial charge in [0, 0.05) is 44.1 Å². The molecular formula is C20H27N5O2S. The summed E-state index contributed by atoms with van der Waals surface area (Å²) in [6.07, 6.45) is 6.62. The van der Waals surface area contributed by atoms with E-state index in [4.69, 9.17) is 4.74 Å². The lowest BCUT2D eigenvalue weighted by molar-refractivity contribution is -0.136. The Balaban J connectivity index is 1.27. The zero-order chi connectivity index (χ0) is 18.9. The molecule has 5 rings (SSSR count). The van der Waals surface area contributed by atoms with Crippen molar-refractivity contribution in [2.24, 2.45) is 0 Å². The van der Waals surface area contributed by atoms with Gasteiger partial charge in [-0.15, -0.1) is 11.3 Å². The second-order valence-corrected chi connectivity index (χ2v) is 8.93. The summed E-state index contributed by atoms with van der Waals surface area (Å²) in [5, 5.41) is 1.29. The first-order valence-electron chi connectivity index (χ1n) is 10.4. The Morgan fingerprint density at radius 1 is 1.04 bits per heavy atom. The molecule has 0 atom stereocenters. The molecule has 150 valence electrons. The average molecular weight is 402 g/mol. The van der Waals surface area contributed by atoms with E-state index < -0.39 is 0 Å². The zero-order valence-electron chi connectivity index (χ0n) is 16.2. The van der Waals surface area contributed by atoms with Gasteiger partial charge in [-0.1, -0.05) is 0 Å². The second kappa shape index (κ2) is 7.93. The molecule has 1 aliphatic carbocycles. The third-order valence-corrected chi connectivity index (χ3v) is 7.33. The van der Waals surface area contributed by atoms with Gasteiger partial charge in [0.25, 0.3) is 0 Å². The molecule has 1 amide bonds. The predicted octanol–water partition coefficient (Wildman–Crippen LogP) is 1.55. The first-order valence-corrected chi connectivity index (χ1v) is 11.2. The van der Waals surface area contributed by atoms with E-state index in [9.17, 15) is 4.79 Å². The second-order valence-electron chi connectivity index (χ2n) is 7.84. The van der Waals surface area contributed by atoms with Gasteiger partial charge in [-0.3, -0.25) is 9.69 Å². The van der Waals surface area contributed by atoms with Crippen molar-refractivity contribution >= 4 is 33.3 Å². The number of carbonyl (C=O) groups excluding carboxylic acids is 1. The topological polar surface area (TPSA) is 61.8 Å². The van der Waals surface area contributed by atoms with Crippen LogP contribution in [0.4, 0.5) is 5.82 Å². The molecule has 2 aliphatic heterocycles. The van der Waals surface area contributed by atoms with Crippen LogP contribution < -0.4 is 4.90 Å². The molecule has 0 unspecified atom stereocenters. The molecule has 8 heteroatoms. The Morgan fingerprint density at radius 3 is 2.64 bits per heavy atom. The number of hydrogen-bond donors (Lipinski definition) is 0. The van der Waals surface area contributed by atoms with Crippen molar-refractivity contribution in [3.63, 3.8) is 0 Å². The SMILES string of the molecule is O=C(CN1CCN(c2ncnc3sc4c(c23)CCCC4)CC1)N1CCOCC1. The molecule has 0 aromatic carbocycles. The van der Waals surface area contributed by atoms with Crippen LogP contribution in [0, 0.1) is 0 Å². The zero-order valence-corrected chi connectivity index (χ0v) is 17.0. The van der Waals surface area contributed by atoms with Gasteiger partial charge >= 0.3 is 0 Å². The summed E-state index contributed by atoms with van der Waals surface area (Å²) >= 11 is 1.85. The van der Waals surface area contributed by atoms with Crippen molar-refractivity contribution in [3.8, 4) is 0 Å². The summed E-state index contributed by atoms with van der Waals surface area (Å²) < 4.78 is 5.35. The quantitative estimate of drug-likeness (QED) is 0.778. The number of thiophene rings is 1. The summed E-state index contributed by atoms with van der Waals surface area (Å²) in [5.74, 6) is 1.33. The standard InChI is InChI=1S/C20H27N5O2S/c26-17(24-9-11-27-12-10-24)13-23-5-7-25(8-6-23)19-18-15-3-1-2-4-16(15)28-20(18)22-14-21-19/h14H,1-13H2. The van der Waals surface area contributed by atoms with Gasteiger partial charge in [-0.05, 0) is 31.2 Å². The van der Waals surface area contributed by atoms with E-state index in [1.807, 2.05) is 16.2 Å². The van der Waals surface area contributed by atoms with Crippen molar-refractivity contribution in [1.82, 2.24) is 19.8 Å². The molecule has 4 heterocycles. The summed E-state index contributed by atoms with van der Waals surface area (Å²) in [4.78, 5) is 31.0. The van der Waals surface area contributed by atoms with E-state index in [0.29, 0.717) is 19.8 Å². The maximum Gasteiger partial charge on any atom is 0.236 e. The van der Waals surface area contributed by atoms with E-state index in [2.05, 4.69) is 19.8 Å². The maximum atomic E-state index is 12.5. The Morgan fingerprint density at radius 2 is 1.82 bits per heavy atom. The highest BCUT2D eigenvalue weighted by Gasteiger charge is 2.26. The molecule has 2 aromatic heterocycles. The summed E-state index contributed by atoms with van der Waals surface area (Å²) in [6, 6.07) is 0. The van der Waals surface area contributed by atoms with Gasteiger partial charge in [0.15, 0.2) is 0 Å². The van der Waals surface area contributed by atoms with E-state index in [1.165, 1.54) is 35.1 Å². The summed E-state index contributed by atoms with van der Waals surface area (Å²) in [5.41, 5.74) is 1.49. The van der Waals surface area contributed by atoms with E-state index >= 15 is 0 Å². The number of carbonyl (C=O) groups is 1. The summed E-state index contributed by atoms with van der Waals surface area (Å²) in [6.45, 7) is 6.90. The molecule has 0 saturated carbocycles. The molecule has 2 fully saturated rings. The molecule has 2 saturated heterocycles. The third kappa shape index (κ3) is 3.49. The maximum absolute atomic E-state index is 12.5. The van der Waals surface area contributed by atoms with Crippen LogP contribution in [-0.4, -0.2) is 84.7 Å². The molecule has 0 spiro atoms. The van der Waals surface area contributed by atoms with Gasteiger partial charge in [-0.2, -0.15) is 0 Å². The normalized spacial score (nSPS) is 21.1. The number of rotatable bonds is 3. The van der Waals surface area contributed by atoms with Crippen LogP contribution >= 0.6 is 11.3 Å². The number of anilines is 1. The molecule has 3 aliphatic rings. The highest BCUT2D eigenvalue weighted by Crippen LogP contribution is 2.39. The molecule has 7 nitrogen and oxygen atoms in total. The average Bonchev–Trinajstić information content (AvgIpc) is 3.14. The lowest BCUT2D eigenvalue weighted by Crippen LogP contribution is -2.51. The molecule has 0 radical (unpaired) electrons. The highest BCUT2D eigenvalue weighted by atomic mass is 32.1. The van der Waals surface area contributed by atoms with Crippen molar-refractivity contribution in [1.29, 1.82) is 0 Å². The van der Waals surface area contributed by atoms with Gasteiger partial charge in [0.1, 0.15) is 17.0 Å². The Bertz CT molecular complexity index is 856. The number of aromatic nitrogens is 2.